The normalized spacial score (nSPS) is 12.1. The van der Waals surface area contributed by atoms with Gasteiger partial charge in [0.15, 0.2) is 0 Å². The van der Waals surface area contributed by atoms with E-state index in [1.807, 2.05) is 75.2 Å². The van der Waals surface area contributed by atoms with Crippen molar-refractivity contribution in [3.05, 3.63) is 58.1 Å². The molecule has 0 aromatic heterocycles. The van der Waals surface area contributed by atoms with E-state index in [4.69, 9.17) is 4.74 Å². The van der Waals surface area contributed by atoms with Gasteiger partial charge in [-0.05, 0) is 79.1 Å². The van der Waals surface area contributed by atoms with Crippen LogP contribution in [0.2, 0.25) is 0 Å². The number of benzene rings is 2. The van der Waals surface area contributed by atoms with Gasteiger partial charge in [-0.15, -0.1) is 0 Å². The van der Waals surface area contributed by atoms with Crippen molar-refractivity contribution in [2.24, 2.45) is 0 Å². The van der Waals surface area contributed by atoms with Crippen LogP contribution in [0.25, 0.3) is 0 Å². The van der Waals surface area contributed by atoms with Gasteiger partial charge in [-0.3, -0.25) is 9.69 Å². The number of amides is 1. The molecule has 2 aromatic rings. The van der Waals surface area contributed by atoms with E-state index < -0.39 is 0 Å². The van der Waals surface area contributed by atoms with Gasteiger partial charge in [0.05, 0.1) is 18.3 Å². The van der Waals surface area contributed by atoms with E-state index >= 15 is 0 Å². The first kappa shape index (κ1) is 19.5. The molecule has 134 valence electrons. The summed E-state index contributed by atoms with van der Waals surface area (Å²) in [5, 5.41) is 2.98. The summed E-state index contributed by atoms with van der Waals surface area (Å²) < 4.78 is 6.35. The predicted octanol–water partition coefficient (Wildman–Crippen LogP) is 4.62. The number of hydrogen-bond acceptors (Lipinski definition) is 3. The number of hydrogen-bond donors (Lipinski definition) is 1. The molecule has 25 heavy (non-hydrogen) atoms. The SMILES string of the molecule is CCOc1ccc(CN(C)[C@H](C)C(=O)Nc2ccc(C)cc2Br)cc1. The lowest BCUT2D eigenvalue weighted by Crippen LogP contribution is -2.39. The minimum atomic E-state index is -0.250. The maximum absolute atomic E-state index is 12.5. The minimum absolute atomic E-state index is 0.0296. The van der Waals surface area contributed by atoms with E-state index in [-0.39, 0.29) is 11.9 Å². The smallest absolute Gasteiger partial charge is 0.241 e. The number of anilines is 1. The van der Waals surface area contributed by atoms with Gasteiger partial charge in [0.2, 0.25) is 5.91 Å². The molecule has 5 heteroatoms. The van der Waals surface area contributed by atoms with Crippen molar-refractivity contribution in [2.45, 2.75) is 33.4 Å². The van der Waals surface area contributed by atoms with Gasteiger partial charge in [-0.1, -0.05) is 18.2 Å². The van der Waals surface area contributed by atoms with Gasteiger partial charge in [0.1, 0.15) is 5.75 Å². The van der Waals surface area contributed by atoms with Crippen LogP contribution < -0.4 is 10.1 Å². The molecule has 0 bridgehead atoms. The van der Waals surface area contributed by atoms with Gasteiger partial charge >= 0.3 is 0 Å². The molecular weight excluding hydrogens is 380 g/mol. The summed E-state index contributed by atoms with van der Waals surface area (Å²) >= 11 is 3.49. The Bertz CT molecular complexity index is 716. The molecule has 2 aromatic carbocycles. The summed E-state index contributed by atoms with van der Waals surface area (Å²) in [4.78, 5) is 14.5. The number of nitrogens with one attached hydrogen (secondary N) is 1. The van der Waals surface area contributed by atoms with Crippen LogP contribution in [-0.4, -0.2) is 30.5 Å². The summed E-state index contributed by atoms with van der Waals surface area (Å²) in [5.74, 6) is 0.835. The molecule has 0 saturated carbocycles. The van der Waals surface area contributed by atoms with Gasteiger partial charge < -0.3 is 10.1 Å². The fourth-order valence-electron chi connectivity index (χ4n) is 2.44. The fourth-order valence-corrected chi connectivity index (χ4v) is 3.03. The first-order valence-electron chi connectivity index (χ1n) is 8.39. The molecule has 0 spiro atoms. The Kier molecular flexibility index (Phi) is 7.02. The molecule has 0 saturated heterocycles. The van der Waals surface area contributed by atoms with Crippen molar-refractivity contribution in [2.75, 3.05) is 19.0 Å². The topological polar surface area (TPSA) is 41.6 Å². The maximum Gasteiger partial charge on any atom is 0.241 e. The third kappa shape index (κ3) is 5.58. The van der Waals surface area contributed by atoms with E-state index in [0.717, 1.165) is 27.0 Å². The summed E-state index contributed by atoms with van der Waals surface area (Å²) in [6.45, 7) is 7.24. The van der Waals surface area contributed by atoms with Crippen molar-refractivity contribution in [1.82, 2.24) is 4.90 Å². The Morgan fingerprint density at radius 3 is 2.52 bits per heavy atom. The molecule has 0 heterocycles. The highest BCUT2D eigenvalue weighted by Crippen LogP contribution is 2.24. The third-order valence-corrected chi connectivity index (χ3v) is 4.75. The molecule has 0 unspecified atom stereocenters. The standard InChI is InChI=1S/C20H25BrN2O2/c1-5-25-17-9-7-16(8-10-17)13-23(4)15(3)20(24)22-19-11-6-14(2)12-18(19)21/h6-12,15H,5,13H2,1-4H3,(H,22,24)/t15-/m1/s1. The Hall–Kier alpha value is -1.85. The zero-order chi connectivity index (χ0) is 18.4. The third-order valence-electron chi connectivity index (χ3n) is 4.09. The first-order chi connectivity index (χ1) is 11.9. The second-order valence-corrected chi connectivity index (χ2v) is 6.99. The molecule has 0 fully saturated rings. The highest BCUT2D eigenvalue weighted by Gasteiger charge is 2.19. The van der Waals surface area contributed by atoms with E-state index in [9.17, 15) is 4.79 Å². The number of carbonyl (C=O) groups is 1. The highest BCUT2D eigenvalue weighted by atomic mass is 79.9. The van der Waals surface area contributed by atoms with Crippen molar-refractivity contribution in [1.29, 1.82) is 0 Å². The zero-order valence-electron chi connectivity index (χ0n) is 15.2. The second-order valence-electron chi connectivity index (χ2n) is 6.14. The number of ether oxygens (including phenoxy) is 1. The number of nitrogens with zero attached hydrogens (tertiary/aromatic N) is 1. The van der Waals surface area contributed by atoms with Crippen molar-refractivity contribution >= 4 is 27.5 Å². The van der Waals surface area contributed by atoms with E-state index in [1.54, 1.807) is 0 Å². The van der Waals surface area contributed by atoms with Crippen LogP contribution in [0, 0.1) is 6.92 Å². The summed E-state index contributed by atoms with van der Waals surface area (Å²) in [7, 11) is 1.95. The van der Waals surface area contributed by atoms with Crippen molar-refractivity contribution in [3.8, 4) is 5.75 Å². The summed E-state index contributed by atoms with van der Waals surface area (Å²) in [6.07, 6.45) is 0. The van der Waals surface area contributed by atoms with Gasteiger partial charge in [-0.2, -0.15) is 0 Å². The molecule has 1 atom stereocenters. The second kappa shape index (κ2) is 9.02. The first-order valence-corrected chi connectivity index (χ1v) is 9.19. The van der Waals surface area contributed by atoms with Gasteiger partial charge in [0, 0.05) is 11.0 Å². The Labute approximate surface area is 158 Å². The average Bonchev–Trinajstić information content (AvgIpc) is 2.58. The lowest BCUT2D eigenvalue weighted by Gasteiger charge is -2.24. The molecule has 2 rings (SSSR count). The van der Waals surface area contributed by atoms with Crippen LogP contribution in [0.4, 0.5) is 5.69 Å². The van der Waals surface area contributed by atoms with Gasteiger partial charge in [0.25, 0.3) is 0 Å². The number of halogens is 1. The number of aryl methyl sites for hydroxylation is 1. The highest BCUT2D eigenvalue weighted by molar-refractivity contribution is 9.10. The van der Waals surface area contributed by atoms with Crippen LogP contribution in [0.15, 0.2) is 46.9 Å². The average molecular weight is 405 g/mol. The van der Waals surface area contributed by atoms with Crippen molar-refractivity contribution in [3.63, 3.8) is 0 Å². The maximum atomic E-state index is 12.5. The molecule has 0 radical (unpaired) electrons. The molecule has 4 nitrogen and oxygen atoms in total. The summed E-state index contributed by atoms with van der Waals surface area (Å²) in [5.41, 5.74) is 3.07. The van der Waals surface area contributed by atoms with Crippen LogP contribution in [-0.2, 0) is 11.3 Å². The Morgan fingerprint density at radius 1 is 1.24 bits per heavy atom. The van der Waals surface area contributed by atoms with Crippen LogP contribution >= 0.6 is 15.9 Å². The van der Waals surface area contributed by atoms with E-state index in [1.165, 1.54) is 0 Å². The number of rotatable bonds is 7. The fraction of sp³-hybridized carbons (Fsp3) is 0.350. The lowest BCUT2D eigenvalue weighted by atomic mass is 10.1. The van der Waals surface area contributed by atoms with Crippen LogP contribution in [0.1, 0.15) is 25.0 Å². The van der Waals surface area contributed by atoms with Crippen LogP contribution in [0.5, 0.6) is 5.75 Å². The molecular formula is C20H25BrN2O2. The largest absolute Gasteiger partial charge is 0.494 e. The van der Waals surface area contributed by atoms with Crippen LogP contribution in [0.3, 0.4) is 0 Å². The monoisotopic (exact) mass is 404 g/mol. The molecule has 1 amide bonds. The molecule has 1 N–H and O–H groups in total. The quantitative estimate of drug-likeness (QED) is 0.731. The molecule has 0 aliphatic carbocycles. The lowest BCUT2D eigenvalue weighted by molar-refractivity contribution is -0.120. The number of carbonyl (C=O) groups excluding carboxylic acids is 1. The molecule has 0 aliphatic rings. The zero-order valence-corrected chi connectivity index (χ0v) is 16.8. The Morgan fingerprint density at radius 2 is 1.92 bits per heavy atom. The van der Waals surface area contributed by atoms with Gasteiger partial charge in [-0.25, -0.2) is 0 Å². The Balaban J connectivity index is 1.96. The minimum Gasteiger partial charge on any atom is -0.494 e. The van der Waals surface area contributed by atoms with E-state index in [2.05, 4.69) is 21.2 Å². The predicted molar refractivity (Wildman–Crippen MR) is 106 cm³/mol. The summed E-state index contributed by atoms with van der Waals surface area (Å²) in [6, 6.07) is 13.6. The van der Waals surface area contributed by atoms with E-state index in [0.29, 0.717) is 13.2 Å². The molecule has 0 aliphatic heterocycles. The van der Waals surface area contributed by atoms with Crippen molar-refractivity contribution < 1.29 is 9.53 Å². The number of likely N-dealkylation sites (N-methyl/N-ethyl adjacent to an activating group) is 1.